The average molecular weight is 493 g/mol. The number of likely N-dealkylation sites (tertiary alicyclic amines) is 1. The number of hydrogen-bond acceptors (Lipinski definition) is 6. The van der Waals surface area contributed by atoms with E-state index in [2.05, 4.69) is 21.1 Å². The fraction of sp³-hybridized carbons (Fsp3) is 0.333. The van der Waals surface area contributed by atoms with Crippen molar-refractivity contribution < 1.29 is 14.7 Å². The van der Waals surface area contributed by atoms with E-state index in [9.17, 15) is 0 Å². The number of ether oxygens (including phenoxy) is 2. The van der Waals surface area contributed by atoms with Crippen molar-refractivity contribution in [2.45, 2.75) is 44.9 Å². The smallest absolute Gasteiger partial charge is 0.275 e. The largest absolute Gasteiger partial charge is 0.445 e. The lowest BCUT2D eigenvalue weighted by molar-refractivity contribution is -0.0685. The molecule has 0 bridgehead atoms. The van der Waals surface area contributed by atoms with E-state index in [4.69, 9.17) is 32.0 Å². The Morgan fingerprint density at radius 2 is 1.89 bits per heavy atom. The maximum Gasteiger partial charge on any atom is 0.275 e. The monoisotopic (exact) mass is 492 g/mol. The van der Waals surface area contributed by atoms with Crippen molar-refractivity contribution in [3.8, 4) is 11.5 Å². The van der Waals surface area contributed by atoms with E-state index >= 15 is 0 Å². The van der Waals surface area contributed by atoms with E-state index < -0.39 is 5.79 Å². The average Bonchev–Trinajstić information content (AvgIpc) is 3.23. The third-order valence-corrected chi connectivity index (χ3v) is 7.20. The molecule has 3 aromatic rings. The van der Waals surface area contributed by atoms with E-state index in [-0.39, 0.29) is 5.84 Å². The Hall–Kier alpha value is -3.29. The van der Waals surface area contributed by atoms with E-state index in [0.29, 0.717) is 16.6 Å². The Labute approximate surface area is 210 Å². The number of para-hydroxylation sites is 1. The van der Waals surface area contributed by atoms with Crippen LogP contribution in [0.2, 0.25) is 5.02 Å². The normalized spacial score (nSPS) is 20.8. The minimum atomic E-state index is -0.877. The summed E-state index contributed by atoms with van der Waals surface area (Å²) in [7, 11) is 0. The van der Waals surface area contributed by atoms with Gasteiger partial charge in [0.05, 0.1) is 5.69 Å². The van der Waals surface area contributed by atoms with Gasteiger partial charge in [0.25, 0.3) is 5.79 Å². The molecule has 2 aliphatic rings. The van der Waals surface area contributed by atoms with E-state index in [1.165, 1.54) is 5.56 Å². The Balaban J connectivity index is 1.28. The molecule has 1 unspecified atom stereocenters. The maximum atomic E-state index is 8.97. The molecule has 35 heavy (non-hydrogen) atoms. The number of nitrogens with two attached hydrogens (primary N) is 1. The second kappa shape index (κ2) is 9.40. The molecule has 182 valence electrons. The number of aryl methyl sites for hydroxylation is 1. The summed E-state index contributed by atoms with van der Waals surface area (Å²) >= 11 is 6.07. The number of fused-ring (bicyclic) bond motifs is 1. The molecule has 0 amide bonds. The molecule has 1 atom stereocenters. The zero-order chi connectivity index (χ0) is 24.6. The molecule has 3 heterocycles. The second-order valence-corrected chi connectivity index (χ2v) is 9.76. The molecular formula is C27H29ClN4O3. The van der Waals surface area contributed by atoms with Crippen molar-refractivity contribution in [2.75, 3.05) is 13.1 Å². The van der Waals surface area contributed by atoms with Crippen LogP contribution >= 0.6 is 11.6 Å². The van der Waals surface area contributed by atoms with E-state index in [1.807, 2.05) is 56.3 Å². The number of benzene rings is 2. The summed E-state index contributed by atoms with van der Waals surface area (Å²) in [6, 6.07) is 17.5. The predicted molar refractivity (Wildman–Crippen MR) is 135 cm³/mol. The van der Waals surface area contributed by atoms with Gasteiger partial charge < -0.3 is 20.4 Å². The summed E-state index contributed by atoms with van der Waals surface area (Å²) in [5.41, 5.74) is 10.4. The van der Waals surface area contributed by atoms with Crippen LogP contribution in [0.15, 0.2) is 59.8 Å². The van der Waals surface area contributed by atoms with Crippen LogP contribution in [0.4, 0.5) is 0 Å². The van der Waals surface area contributed by atoms with Gasteiger partial charge in [0.1, 0.15) is 5.69 Å². The van der Waals surface area contributed by atoms with Gasteiger partial charge in [0.15, 0.2) is 17.3 Å². The quantitative estimate of drug-likeness (QED) is 0.221. The summed E-state index contributed by atoms with van der Waals surface area (Å²) < 4.78 is 12.7. The number of aromatic nitrogens is 1. The lowest BCUT2D eigenvalue weighted by Crippen LogP contribution is -2.33. The zero-order valence-corrected chi connectivity index (χ0v) is 20.6. The third-order valence-electron chi connectivity index (χ3n) is 6.95. The zero-order valence-electron chi connectivity index (χ0n) is 19.9. The molecule has 0 saturated carbocycles. The highest BCUT2D eigenvalue weighted by Gasteiger charge is 2.41. The molecule has 0 spiro atoms. The molecule has 0 aliphatic carbocycles. The van der Waals surface area contributed by atoms with Gasteiger partial charge in [-0.25, -0.2) is 4.98 Å². The van der Waals surface area contributed by atoms with Crippen molar-refractivity contribution in [2.24, 2.45) is 10.9 Å². The minimum absolute atomic E-state index is 0.0238. The highest BCUT2D eigenvalue weighted by atomic mass is 35.5. The van der Waals surface area contributed by atoms with E-state index in [1.54, 1.807) is 6.07 Å². The summed E-state index contributed by atoms with van der Waals surface area (Å²) in [5, 5.41) is 12.7. The summed E-state index contributed by atoms with van der Waals surface area (Å²) in [6.45, 7) is 6.59. The molecular weight excluding hydrogens is 464 g/mol. The van der Waals surface area contributed by atoms with Gasteiger partial charge in [-0.2, -0.15) is 0 Å². The van der Waals surface area contributed by atoms with Crippen molar-refractivity contribution in [1.29, 1.82) is 0 Å². The van der Waals surface area contributed by atoms with Gasteiger partial charge in [-0.1, -0.05) is 35.0 Å². The molecule has 2 aliphatic heterocycles. The second-order valence-electron chi connectivity index (χ2n) is 9.33. The highest BCUT2D eigenvalue weighted by Crippen LogP contribution is 2.49. The van der Waals surface area contributed by atoms with Crippen LogP contribution in [0.5, 0.6) is 11.5 Å². The highest BCUT2D eigenvalue weighted by molar-refractivity contribution is 6.30. The summed E-state index contributed by atoms with van der Waals surface area (Å²) in [5.74, 6) is 1.15. The third kappa shape index (κ3) is 4.66. The molecule has 1 saturated heterocycles. The fourth-order valence-corrected chi connectivity index (χ4v) is 5.00. The Kier molecular flexibility index (Phi) is 6.30. The molecule has 2 aromatic carbocycles. The van der Waals surface area contributed by atoms with Crippen LogP contribution < -0.4 is 15.2 Å². The van der Waals surface area contributed by atoms with Gasteiger partial charge in [-0.15, -0.1) is 0 Å². The number of amidine groups is 1. The van der Waals surface area contributed by atoms with Crippen molar-refractivity contribution in [3.05, 3.63) is 87.7 Å². The Bertz CT molecular complexity index is 1260. The molecule has 3 N–H and O–H groups in total. The Morgan fingerprint density at radius 3 is 2.60 bits per heavy atom. The van der Waals surface area contributed by atoms with Crippen molar-refractivity contribution in [1.82, 2.24) is 9.88 Å². The lowest BCUT2D eigenvalue weighted by Gasteiger charge is -2.32. The van der Waals surface area contributed by atoms with Crippen LogP contribution in [0.1, 0.15) is 53.8 Å². The van der Waals surface area contributed by atoms with Gasteiger partial charge >= 0.3 is 0 Å². The SMILES string of the molecule is Cc1ccc(C(N)=NO)nc1CN1CCC(c2cccc3c2OC(C)(c2ccc(Cl)cc2)O3)CC1. The first-order valence-electron chi connectivity index (χ1n) is 11.8. The first kappa shape index (κ1) is 23.5. The number of nitrogens with zero attached hydrogens (tertiary/aromatic N) is 3. The van der Waals surface area contributed by atoms with Gasteiger partial charge in [0, 0.05) is 29.6 Å². The first-order chi connectivity index (χ1) is 16.9. The topological polar surface area (TPSA) is 93.2 Å². The van der Waals surface area contributed by atoms with Crippen LogP contribution in [0.3, 0.4) is 0 Å². The van der Waals surface area contributed by atoms with E-state index in [0.717, 1.165) is 60.8 Å². The number of piperidine rings is 1. The van der Waals surface area contributed by atoms with Gasteiger partial charge in [-0.05, 0) is 80.7 Å². The predicted octanol–water partition coefficient (Wildman–Crippen LogP) is 5.16. The molecule has 1 aromatic heterocycles. The first-order valence-corrected chi connectivity index (χ1v) is 12.2. The summed E-state index contributed by atoms with van der Waals surface area (Å²) in [4.78, 5) is 7.01. The molecule has 1 fully saturated rings. The maximum absolute atomic E-state index is 8.97. The summed E-state index contributed by atoms with van der Waals surface area (Å²) in [6.07, 6.45) is 2.02. The molecule has 0 radical (unpaired) electrons. The Morgan fingerprint density at radius 1 is 1.14 bits per heavy atom. The standard InChI is InChI=1S/C27H29ClN4O3/c1-17-6-11-22(26(29)31-33)30-23(17)16-32-14-12-18(13-15-32)21-4-3-5-24-25(21)35-27(2,34-24)19-7-9-20(28)10-8-19/h3-11,18,33H,12-16H2,1-2H3,(H2,29,31). The lowest BCUT2D eigenvalue weighted by atomic mass is 9.88. The number of pyridine rings is 1. The van der Waals surface area contributed by atoms with Crippen LogP contribution in [-0.2, 0) is 12.3 Å². The minimum Gasteiger partial charge on any atom is -0.445 e. The van der Waals surface area contributed by atoms with Gasteiger partial charge in [0.2, 0.25) is 0 Å². The molecule has 8 heteroatoms. The van der Waals surface area contributed by atoms with Gasteiger partial charge in [-0.3, -0.25) is 4.90 Å². The number of rotatable bonds is 5. The van der Waals surface area contributed by atoms with Crippen LogP contribution in [0, 0.1) is 6.92 Å². The van der Waals surface area contributed by atoms with Crippen molar-refractivity contribution in [3.63, 3.8) is 0 Å². The fourth-order valence-electron chi connectivity index (χ4n) is 4.88. The van der Waals surface area contributed by atoms with Crippen molar-refractivity contribution >= 4 is 17.4 Å². The number of hydrogen-bond donors (Lipinski definition) is 2. The molecule has 5 rings (SSSR count). The molecule has 7 nitrogen and oxygen atoms in total. The number of oxime groups is 1. The van der Waals surface area contributed by atoms with Crippen LogP contribution in [0.25, 0.3) is 0 Å². The van der Waals surface area contributed by atoms with Crippen LogP contribution in [-0.4, -0.2) is 34.0 Å². The number of halogens is 1.